The van der Waals surface area contributed by atoms with Gasteiger partial charge in [-0.05, 0) is 35.9 Å². The second-order valence-corrected chi connectivity index (χ2v) is 5.80. The smallest absolute Gasteiger partial charge is 0.264 e. The Morgan fingerprint density at radius 1 is 1.15 bits per heavy atom. The van der Waals surface area contributed by atoms with Crippen LogP contribution >= 0.6 is 0 Å². The topological polar surface area (TPSA) is 92.4 Å². The summed E-state index contributed by atoms with van der Waals surface area (Å²) in [6.45, 7) is -0.139. The molecule has 0 aliphatic carbocycles. The largest absolute Gasteiger partial charge is 0.399 e. The third-order valence-corrected chi connectivity index (χ3v) is 4.05. The molecule has 0 bridgehead atoms. The molecular formula is C13H13FN2O3S. The molecule has 0 heterocycles. The van der Waals surface area contributed by atoms with E-state index in [2.05, 4.69) is 4.72 Å². The van der Waals surface area contributed by atoms with Crippen LogP contribution in [-0.4, -0.2) is 13.5 Å². The van der Waals surface area contributed by atoms with Crippen molar-refractivity contribution < 1.29 is 17.9 Å². The molecule has 106 valence electrons. The Kier molecular flexibility index (Phi) is 3.91. The van der Waals surface area contributed by atoms with Gasteiger partial charge < -0.3 is 10.8 Å². The fraction of sp³-hybridized carbons (Fsp3) is 0.0769. The molecule has 0 aliphatic heterocycles. The van der Waals surface area contributed by atoms with Crippen molar-refractivity contribution in [3.63, 3.8) is 0 Å². The molecule has 5 nitrogen and oxygen atoms in total. The fourth-order valence-electron chi connectivity index (χ4n) is 1.62. The Labute approximate surface area is 115 Å². The van der Waals surface area contributed by atoms with Crippen molar-refractivity contribution in [1.82, 2.24) is 0 Å². The first kappa shape index (κ1) is 14.3. The number of aliphatic hydroxyl groups excluding tert-OH is 1. The molecule has 4 N–H and O–H groups in total. The van der Waals surface area contributed by atoms with Gasteiger partial charge in [-0.15, -0.1) is 0 Å². The molecule has 2 aromatic rings. The fourth-order valence-corrected chi connectivity index (χ4v) is 2.74. The highest BCUT2D eigenvalue weighted by Gasteiger charge is 2.19. The van der Waals surface area contributed by atoms with Crippen molar-refractivity contribution in [2.24, 2.45) is 0 Å². The molecule has 0 aromatic heterocycles. The average Bonchev–Trinajstić information content (AvgIpc) is 2.38. The number of halogens is 1. The lowest BCUT2D eigenvalue weighted by Gasteiger charge is -2.09. The molecular weight excluding hydrogens is 283 g/mol. The number of hydrogen-bond acceptors (Lipinski definition) is 4. The van der Waals surface area contributed by atoms with Crippen molar-refractivity contribution in [1.29, 1.82) is 0 Å². The third kappa shape index (κ3) is 3.06. The minimum absolute atomic E-state index is 0.139. The second kappa shape index (κ2) is 5.48. The van der Waals surface area contributed by atoms with Crippen molar-refractivity contribution in [3.05, 3.63) is 53.8 Å². The van der Waals surface area contributed by atoms with Gasteiger partial charge in [0.1, 0.15) is 10.7 Å². The highest BCUT2D eigenvalue weighted by Crippen LogP contribution is 2.21. The van der Waals surface area contributed by atoms with Gasteiger partial charge in [-0.25, -0.2) is 12.8 Å². The van der Waals surface area contributed by atoms with Crippen LogP contribution in [0.5, 0.6) is 0 Å². The summed E-state index contributed by atoms with van der Waals surface area (Å²) in [7, 11) is -4.02. The predicted octanol–water partition coefficient (Wildman–Crippen LogP) is 1.70. The van der Waals surface area contributed by atoms with Gasteiger partial charge >= 0.3 is 0 Å². The van der Waals surface area contributed by atoms with Crippen LogP contribution in [0.3, 0.4) is 0 Å². The first-order chi connectivity index (χ1) is 9.42. The van der Waals surface area contributed by atoms with E-state index >= 15 is 0 Å². The SMILES string of the molecule is Nc1ccc(S(=O)(=O)Nc2ccc(CO)cc2)c(F)c1. The molecule has 2 rings (SSSR count). The van der Waals surface area contributed by atoms with E-state index < -0.39 is 20.7 Å². The quantitative estimate of drug-likeness (QED) is 0.749. The number of benzene rings is 2. The van der Waals surface area contributed by atoms with E-state index in [1.54, 1.807) is 12.1 Å². The predicted molar refractivity (Wildman–Crippen MR) is 74.0 cm³/mol. The monoisotopic (exact) mass is 296 g/mol. The Morgan fingerprint density at radius 3 is 2.35 bits per heavy atom. The summed E-state index contributed by atoms with van der Waals surface area (Å²) >= 11 is 0. The van der Waals surface area contributed by atoms with Crippen LogP contribution in [0.25, 0.3) is 0 Å². The Bertz CT molecular complexity index is 715. The van der Waals surface area contributed by atoms with Crippen LogP contribution in [-0.2, 0) is 16.6 Å². The number of rotatable bonds is 4. The summed E-state index contributed by atoms with van der Waals surface area (Å²) in [5.74, 6) is -0.913. The van der Waals surface area contributed by atoms with Crippen LogP contribution in [0.4, 0.5) is 15.8 Å². The van der Waals surface area contributed by atoms with E-state index in [0.29, 0.717) is 5.56 Å². The lowest BCUT2D eigenvalue weighted by molar-refractivity contribution is 0.282. The van der Waals surface area contributed by atoms with Crippen LogP contribution in [0.2, 0.25) is 0 Å². The number of anilines is 2. The van der Waals surface area contributed by atoms with E-state index in [-0.39, 0.29) is 18.0 Å². The Hall–Kier alpha value is -2.12. The summed E-state index contributed by atoms with van der Waals surface area (Å²) in [6.07, 6.45) is 0. The molecule has 0 saturated carbocycles. The van der Waals surface area contributed by atoms with Crippen LogP contribution < -0.4 is 10.5 Å². The number of hydrogen-bond donors (Lipinski definition) is 3. The van der Waals surface area contributed by atoms with E-state index in [0.717, 1.165) is 12.1 Å². The molecule has 0 amide bonds. The second-order valence-electron chi connectivity index (χ2n) is 4.15. The van der Waals surface area contributed by atoms with Gasteiger partial charge in [0, 0.05) is 11.4 Å². The third-order valence-electron chi connectivity index (χ3n) is 2.63. The molecule has 0 aliphatic rings. The molecule has 0 saturated heterocycles. The summed E-state index contributed by atoms with van der Waals surface area (Å²) < 4.78 is 40.0. The molecule has 0 atom stereocenters. The number of nitrogen functional groups attached to an aromatic ring is 1. The van der Waals surface area contributed by atoms with E-state index in [1.807, 2.05) is 0 Å². The van der Waals surface area contributed by atoms with E-state index in [4.69, 9.17) is 10.8 Å². The number of sulfonamides is 1. The molecule has 0 radical (unpaired) electrons. The van der Waals surface area contributed by atoms with E-state index in [1.165, 1.54) is 18.2 Å². The zero-order valence-corrected chi connectivity index (χ0v) is 11.2. The van der Waals surface area contributed by atoms with Gasteiger partial charge in [0.25, 0.3) is 10.0 Å². The first-order valence-corrected chi connectivity index (χ1v) is 7.18. The molecule has 2 aromatic carbocycles. The van der Waals surface area contributed by atoms with Gasteiger partial charge in [-0.2, -0.15) is 0 Å². The summed E-state index contributed by atoms with van der Waals surface area (Å²) in [4.78, 5) is -0.474. The minimum atomic E-state index is -4.02. The van der Waals surface area contributed by atoms with Crippen molar-refractivity contribution in [2.45, 2.75) is 11.5 Å². The molecule has 0 spiro atoms. The van der Waals surface area contributed by atoms with E-state index in [9.17, 15) is 12.8 Å². The zero-order valence-electron chi connectivity index (χ0n) is 10.4. The summed E-state index contributed by atoms with van der Waals surface area (Å²) in [5.41, 5.74) is 6.44. The van der Waals surface area contributed by atoms with Crippen LogP contribution in [0.15, 0.2) is 47.4 Å². The summed E-state index contributed by atoms with van der Waals surface area (Å²) in [5, 5.41) is 8.90. The molecule has 0 unspecified atom stereocenters. The van der Waals surface area contributed by atoms with Crippen LogP contribution in [0, 0.1) is 5.82 Å². The average molecular weight is 296 g/mol. The number of aliphatic hydroxyl groups is 1. The zero-order chi connectivity index (χ0) is 14.8. The number of nitrogens with two attached hydrogens (primary N) is 1. The van der Waals surface area contributed by atoms with Crippen molar-refractivity contribution in [2.75, 3.05) is 10.5 Å². The normalized spacial score (nSPS) is 11.3. The van der Waals surface area contributed by atoms with Gasteiger partial charge in [0.05, 0.1) is 6.61 Å². The first-order valence-electron chi connectivity index (χ1n) is 5.70. The minimum Gasteiger partial charge on any atom is -0.399 e. The van der Waals surface area contributed by atoms with Gasteiger partial charge in [0.15, 0.2) is 0 Å². The Morgan fingerprint density at radius 2 is 1.80 bits per heavy atom. The molecule has 7 heteroatoms. The van der Waals surface area contributed by atoms with Gasteiger partial charge in [0.2, 0.25) is 0 Å². The van der Waals surface area contributed by atoms with Crippen molar-refractivity contribution >= 4 is 21.4 Å². The molecule has 20 heavy (non-hydrogen) atoms. The highest BCUT2D eigenvalue weighted by molar-refractivity contribution is 7.92. The molecule has 0 fully saturated rings. The standard InChI is InChI=1S/C13H13FN2O3S/c14-12-7-10(15)3-6-13(12)20(18,19)16-11-4-1-9(8-17)2-5-11/h1-7,16-17H,8,15H2. The highest BCUT2D eigenvalue weighted by atomic mass is 32.2. The van der Waals surface area contributed by atoms with Gasteiger partial charge in [-0.1, -0.05) is 12.1 Å². The lowest BCUT2D eigenvalue weighted by atomic mass is 10.2. The summed E-state index contributed by atoms with van der Waals surface area (Å²) in [6, 6.07) is 9.47. The Balaban J connectivity index is 2.30. The maximum absolute atomic E-state index is 13.6. The van der Waals surface area contributed by atoms with Crippen molar-refractivity contribution in [3.8, 4) is 0 Å². The maximum Gasteiger partial charge on any atom is 0.264 e. The maximum atomic E-state index is 13.6. The van der Waals surface area contributed by atoms with Gasteiger partial charge in [-0.3, -0.25) is 4.72 Å². The number of nitrogens with one attached hydrogen (secondary N) is 1. The lowest BCUT2D eigenvalue weighted by Crippen LogP contribution is -2.14. The van der Waals surface area contributed by atoms with Crippen LogP contribution in [0.1, 0.15) is 5.56 Å².